The van der Waals surface area contributed by atoms with E-state index in [0.717, 1.165) is 11.4 Å². The zero-order chi connectivity index (χ0) is 15.2. The Hall–Kier alpha value is -2.08. The van der Waals surface area contributed by atoms with E-state index in [1.54, 1.807) is 18.3 Å². The molecule has 6 heteroatoms. The molecule has 0 aliphatic heterocycles. The maximum atomic E-state index is 11.3. The van der Waals surface area contributed by atoms with Gasteiger partial charge in [-0.2, -0.15) is 0 Å². The molecule has 0 aliphatic rings. The molecular weight excluding hydrogens is 286 g/mol. The van der Waals surface area contributed by atoms with E-state index in [1.807, 2.05) is 36.7 Å². The van der Waals surface area contributed by atoms with Gasteiger partial charge in [-0.15, -0.1) is 11.3 Å². The second-order valence-electron chi connectivity index (χ2n) is 4.59. The molecule has 0 saturated heterocycles. The Morgan fingerprint density at radius 3 is 2.57 bits per heavy atom. The molecule has 1 unspecified atom stereocenters. The van der Waals surface area contributed by atoms with E-state index in [9.17, 15) is 4.79 Å². The van der Waals surface area contributed by atoms with Crippen molar-refractivity contribution >= 4 is 28.8 Å². The van der Waals surface area contributed by atoms with Crippen LogP contribution in [-0.4, -0.2) is 17.7 Å². The second kappa shape index (κ2) is 7.08. The quantitative estimate of drug-likeness (QED) is 0.869. The van der Waals surface area contributed by atoms with Crippen molar-refractivity contribution in [3.05, 3.63) is 40.3 Å². The first-order valence-corrected chi connectivity index (χ1v) is 7.68. The molecule has 0 aliphatic carbocycles. The average molecular weight is 305 g/mol. The van der Waals surface area contributed by atoms with Crippen LogP contribution >= 0.6 is 11.3 Å². The minimum absolute atomic E-state index is 0.196. The van der Waals surface area contributed by atoms with E-state index in [1.165, 1.54) is 4.88 Å². The maximum absolute atomic E-state index is 11.3. The van der Waals surface area contributed by atoms with Crippen LogP contribution in [-0.2, 0) is 4.74 Å². The standard InChI is InChI=1S/C15H19N3O2S/c1-4-20-15(19)18-13-7-5-12(6-8-13)17-11(3)14-10(2)16-9-21-14/h5-9,11,17H,4H2,1-3H3,(H,18,19). The number of rotatable bonds is 5. The number of anilines is 2. The normalized spacial score (nSPS) is 11.8. The van der Waals surface area contributed by atoms with E-state index in [4.69, 9.17) is 4.74 Å². The summed E-state index contributed by atoms with van der Waals surface area (Å²) in [6, 6.07) is 7.72. The van der Waals surface area contributed by atoms with Crippen LogP contribution in [0.15, 0.2) is 29.8 Å². The number of benzene rings is 1. The van der Waals surface area contributed by atoms with E-state index >= 15 is 0 Å². The fraction of sp³-hybridized carbons (Fsp3) is 0.333. The molecule has 0 fully saturated rings. The molecule has 1 amide bonds. The smallest absolute Gasteiger partial charge is 0.411 e. The lowest BCUT2D eigenvalue weighted by Crippen LogP contribution is -2.13. The lowest BCUT2D eigenvalue weighted by atomic mass is 10.2. The number of thiazole rings is 1. The number of ether oxygens (including phenoxy) is 1. The van der Waals surface area contributed by atoms with E-state index in [2.05, 4.69) is 22.5 Å². The second-order valence-corrected chi connectivity index (χ2v) is 5.48. The average Bonchev–Trinajstić information content (AvgIpc) is 2.87. The Kier molecular flexibility index (Phi) is 5.16. The molecule has 1 aromatic carbocycles. The summed E-state index contributed by atoms with van der Waals surface area (Å²) in [5.41, 5.74) is 4.61. The fourth-order valence-corrected chi connectivity index (χ4v) is 2.79. The highest BCUT2D eigenvalue weighted by atomic mass is 32.1. The van der Waals surface area contributed by atoms with E-state index in [-0.39, 0.29) is 6.04 Å². The Morgan fingerprint density at radius 1 is 1.33 bits per heavy atom. The number of nitrogens with zero attached hydrogens (tertiary/aromatic N) is 1. The number of aryl methyl sites for hydroxylation is 1. The third-order valence-corrected chi connectivity index (χ3v) is 4.08. The number of carbonyl (C=O) groups excluding carboxylic acids is 1. The van der Waals surface area contributed by atoms with Crippen LogP contribution in [0.5, 0.6) is 0 Å². The van der Waals surface area contributed by atoms with Gasteiger partial charge in [0.1, 0.15) is 0 Å². The minimum atomic E-state index is -0.438. The highest BCUT2D eigenvalue weighted by molar-refractivity contribution is 7.09. The molecule has 0 saturated carbocycles. The maximum Gasteiger partial charge on any atom is 0.411 e. The molecule has 2 aromatic rings. The summed E-state index contributed by atoms with van der Waals surface area (Å²) in [7, 11) is 0. The molecule has 5 nitrogen and oxygen atoms in total. The molecule has 1 aromatic heterocycles. The van der Waals surface area contributed by atoms with Crippen LogP contribution in [0.1, 0.15) is 30.5 Å². The van der Waals surface area contributed by atoms with Gasteiger partial charge in [-0.1, -0.05) is 0 Å². The van der Waals surface area contributed by atoms with Gasteiger partial charge in [0.2, 0.25) is 0 Å². The van der Waals surface area contributed by atoms with Crippen molar-refractivity contribution in [1.29, 1.82) is 0 Å². The predicted molar refractivity (Wildman–Crippen MR) is 86.0 cm³/mol. The fourth-order valence-electron chi connectivity index (χ4n) is 1.98. The van der Waals surface area contributed by atoms with Crippen molar-refractivity contribution in [2.45, 2.75) is 26.8 Å². The van der Waals surface area contributed by atoms with Gasteiger partial charge in [0.15, 0.2) is 0 Å². The van der Waals surface area contributed by atoms with Gasteiger partial charge < -0.3 is 10.1 Å². The third kappa shape index (κ3) is 4.19. The summed E-state index contributed by atoms with van der Waals surface area (Å²) < 4.78 is 4.83. The number of amides is 1. The van der Waals surface area contributed by atoms with Crippen LogP contribution in [0.25, 0.3) is 0 Å². The van der Waals surface area contributed by atoms with Gasteiger partial charge in [-0.25, -0.2) is 9.78 Å². The highest BCUT2D eigenvalue weighted by Crippen LogP contribution is 2.25. The molecular formula is C15H19N3O2S. The summed E-state index contributed by atoms with van der Waals surface area (Å²) in [5, 5.41) is 6.08. The van der Waals surface area contributed by atoms with Gasteiger partial charge in [-0.05, 0) is 45.0 Å². The first-order valence-electron chi connectivity index (χ1n) is 6.80. The lowest BCUT2D eigenvalue weighted by Gasteiger charge is -2.15. The monoisotopic (exact) mass is 305 g/mol. The minimum Gasteiger partial charge on any atom is -0.450 e. The molecule has 0 bridgehead atoms. The molecule has 2 rings (SSSR count). The summed E-state index contributed by atoms with van der Waals surface area (Å²) in [6.07, 6.45) is -0.438. The number of nitrogens with one attached hydrogen (secondary N) is 2. The Labute approximate surface area is 128 Å². The molecule has 2 N–H and O–H groups in total. The van der Waals surface area contributed by atoms with Crippen LogP contribution < -0.4 is 10.6 Å². The molecule has 1 heterocycles. The molecule has 1 atom stereocenters. The van der Waals surface area contributed by atoms with Crippen LogP contribution in [0.4, 0.5) is 16.2 Å². The number of hydrogen-bond acceptors (Lipinski definition) is 5. The van der Waals surface area contributed by atoms with Crippen LogP contribution in [0.3, 0.4) is 0 Å². The number of carbonyl (C=O) groups is 1. The Bertz CT molecular complexity index is 595. The number of hydrogen-bond donors (Lipinski definition) is 2. The van der Waals surface area contributed by atoms with Crippen molar-refractivity contribution in [3.8, 4) is 0 Å². The summed E-state index contributed by atoms with van der Waals surface area (Å²) in [4.78, 5) is 16.8. The van der Waals surface area contributed by atoms with Crippen molar-refractivity contribution in [3.63, 3.8) is 0 Å². The van der Waals surface area contributed by atoms with Crippen molar-refractivity contribution in [2.75, 3.05) is 17.2 Å². The van der Waals surface area contributed by atoms with Crippen LogP contribution in [0, 0.1) is 6.92 Å². The highest BCUT2D eigenvalue weighted by Gasteiger charge is 2.10. The van der Waals surface area contributed by atoms with Crippen molar-refractivity contribution < 1.29 is 9.53 Å². The van der Waals surface area contributed by atoms with Crippen molar-refractivity contribution in [1.82, 2.24) is 4.98 Å². The summed E-state index contributed by atoms with van der Waals surface area (Å²) in [5.74, 6) is 0. The summed E-state index contributed by atoms with van der Waals surface area (Å²) in [6.45, 7) is 6.24. The lowest BCUT2D eigenvalue weighted by molar-refractivity contribution is 0.168. The molecule has 112 valence electrons. The van der Waals surface area contributed by atoms with Gasteiger partial charge in [-0.3, -0.25) is 5.32 Å². The Balaban J connectivity index is 1.96. The summed E-state index contributed by atoms with van der Waals surface area (Å²) >= 11 is 1.65. The van der Waals surface area contributed by atoms with Gasteiger partial charge >= 0.3 is 6.09 Å². The van der Waals surface area contributed by atoms with Gasteiger partial charge in [0.25, 0.3) is 0 Å². The first-order chi connectivity index (χ1) is 10.1. The zero-order valence-electron chi connectivity index (χ0n) is 12.3. The molecule has 21 heavy (non-hydrogen) atoms. The largest absolute Gasteiger partial charge is 0.450 e. The Morgan fingerprint density at radius 2 is 2.00 bits per heavy atom. The van der Waals surface area contributed by atoms with Crippen LogP contribution in [0.2, 0.25) is 0 Å². The van der Waals surface area contributed by atoms with E-state index < -0.39 is 6.09 Å². The zero-order valence-corrected chi connectivity index (χ0v) is 13.2. The molecule has 0 radical (unpaired) electrons. The number of aromatic nitrogens is 1. The third-order valence-electron chi connectivity index (χ3n) is 2.97. The van der Waals surface area contributed by atoms with Gasteiger partial charge in [0.05, 0.1) is 23.9 Å². The predicted octanol–water partition coefficient (Wildman–Crippen LogP) is 4.19. The van der Waals surface area contributed by atoms with Crippen molar-refractivity contribution in [2.24, 2.45) is 0 Å². The first kappa shape index (κ1) is 15.3. The SMILES string of the molecule is CCOC(=O)Nc1ccc(NC(C)c2scnc2C)cc1. The van der Waals surface area contributed by atoms with Gasteiger partial charge in [0, 0.05) is 16.3 Å². The molecule has 0 spiro atoms. The topological polar surface area (TPSA) is 63.2 Å². The van der Waals surface area contributed by atoms with E-state index in [0.29, 0.717) is 12.3 Å².